The summed E-state index contributed by atoms with van der Waals surface area (Å²) in [6, 6.07) is 7.14. The van der Waals surface area contributed by atoms with Crippen LogP contribution in [-0.2, 0) is 14.9 Å². The molecule has 4 N–H and O–H groups in total. The minimum absolute atomic E-state index is 0.259. The van der Waals surface area contributed by atoms with Gasteiger partial charge in [0.1, 0.15) is 0 Å². The lowest BCUT2D eigenvalue weighted by atomic mass is 10.1. The first-order chi connectivity index (χ1) is 9.70. The van der Waals surface area contributed by atoms with Crippen LogP contribution in [0, 0.1) is 0 Å². The van der Waals surface area contributed by atoms with Gasteiger partial charge in [-0.05, 0) is 31.2 Å². The molecule has 2 aromatic carbocycles. The molecular weight excluding hydrogens is 292 g/mol. The summed E-state index contributed by atoms with van der Waals surface area (Å²) in [5.74, 6) is -0.347. The summed E-state index contributed by atoms with van der Waals surface area (Å²) in [4.78, 5) is 11.4. The zero-order valence-corrected chi connectivity index (χ0v) is 12.1. The molecule has 110 valence electrons. The van der Waals surface area contributed by atoms with Crippen LogP contribution in [0.15, 0.2) is 47.4 Å². The Morgan fingerprint density at radius 3 is 2.48 bits per heavy atom. The Morgan fingerprint density at radius 1 is 1.24 bits per heavy atom. The second kappa shape index (κ2) is 5.19. The lowest BCUT2D eigenvalue weighted by molar-refractivity contribution is -0.112. The molecule has 2 rings (SSSR count). The predicted molar refractivity (Wildman–Crippen MR) is 81.6 cm³/mol. The number of anilines is 2. The second-order valence-corrected chi connectivity index (χ2v) is 6.04. The summed E-state index contributed by atoms with van der Waals surface area (Å²) >= 11 is 0. The molecule has 0 atom stereocenters. The normalized spacial score (nSPS) is 11.3. The molecule has 0 aliphatic carbocycles. The number of hydrogen-bond acceptors (Lipinski definition) is 4. The standard InChI is InChI=1S/C14H14N2O4S/c1-8(2)14(17)16-13-6-5-12(15)11-7-9(21(18,19)20)3-4-10(11)13/h3-7H,1,15H2,2H3,(H,16,17)(H,18,19,20). The maximum Gasteiger partial charge on any atom is 0.294 e. The number of nitrogens with two attached hydrogens (primary N) is 1. The number of rotatable bonds is 3. The largest absolute Gasteiger partial charge is 0.398 e. The quantitative estimate of drug-likeness (QED) is 0.457. The van der Waals surface area contributed by atoms with Crippen LogP contribution in [0.4, 0.5) is 11.4 Å². The molecular formula is C14H14N2O4S. The Hall–Kier alpha value is -2.38. The van der Waals surface area contributed by atoms with Gasteiger partial charge in [0.25, 0.3) is 16.0 Å². The summed E-state index contributed by atoms with van der Waals surface area (Å²) in [6.07, 6.45) is 0. The molecule has 0 aromatic heterocycles. The van der Waals surface area contributed by atoms with E-state index in [0.29, 0.717) is 27.7 Å². The van der Waals surface area contributed by atoms with Crippen molar-refractivity contribution in [2.45, 2.75) is 11.8 Å². The fourth-order valence-electron chi connectivity index (χ4n) is 1.85. The SMILES string of the molecule is C=C(C)C(=O)Nc1ccc(N)c2cc(S(=O)(=O)O)ccc12. The molecule has 0 saturated heterocycles. The fourth-order valence-corrected chi connectivity index (χ4v) is 2.35. The number of hydrogen-bond donors (Lipinski definition) is 3. The average Bonchev–Trinajstić information content (AvgIpc) is 2.40. The van der Waals surface area contributed by atoms with Crippen LogP contribution in [-0.4, -0.2) is 18.9 Å². The lowest BCUT2D eigenvalue weighted by Gasteiger charge is -2.11. The first kappa shape index (κ1) is 15.0. The van der Waals surface area contributed by atoms with Gasteiger partial charge in [-0.2, -0.15) is 8.42 Å². The number of amides is 1. The molecule has 6 nitrogen and oxygen atoms in total. The van der Waals surface area contributed by atoms with Gasteiger partial charge in [0.05, 0.1) is 4.90 Å². The predicted octanol–water partition coefficient (Wildman–Crippen LogP) is 2.18. The Bertz CT molecular complexity index is 857. The highest BCUT2D eigenvalue weighted by Gasteiger charge is 2.13. The van der Waals surface area contributed by atoms with E-state index in [1.165, 1.54) is 18.2 Å². The third kappa shape index (κ3) is 3.04. The van der Waals surface area contributed by atoms with Crippen LogP contribution in [0.25, 0.3) is 10.8 Å². The second-order valence-electron chi connectivity index (χ2n) is 4.62. The van der Waals surface area contributed by atoms with Crippen LogP contribution in [0.2, 0.25) is 0 Å². The molecule has 1 amide bonds. The topological polar surface area (TPSA) is 109 Å². The molecule has 0 aliphatic rings. The van der Waals surface area contributed by atoms with Crippen molar-refractivity contribution in [1.29, 1.82) is 0 Å². The smallest absolute Gasteiger partial charge is 0.294 e. The van der Waals surface area contributed by atoms with E-state index in [1.54, 1.807) is 19.1 Å². The number of carbonyl (C=O) groups excluding carboxylic acids is 1. The van der Waals surface area contributed by atoms with Crippen molar-refractivity contribution >= 4 is 38.2 Å². The molecule has 7 heteroatoms. The molecule has 0 aliphatic heterocycles. The van der Waals surface area contributed by atoms with E-state index in [1.807, 2.05) is 0 Å². The van der Waals surface area contributed by atoms with Crippen molar-refractivity contribution < 1.29 is 17.8 Å². The highest BCUT2D eigenvalue weighted by Crippen LogP contribution is 2.30. The molecule has 2 aromatic rings. The van der Waals surface area contributed by atoms with Gasteiger partial charge in [-0.1, -0.05) is 12.6 Å². The van der Waals surface area contributed by atoms with Crippen molar-refractivity contribution in [2.24, 2.45) is 0 Å². The number of nitrogen functional groups attached to an aromatic ring is 1. The van der Waals surface area contributed by atoms with Crippen LogP contribution in [0.5, 0.6) is 0 Å². The van der Waals surface area contributed by atoms with Gasteiger partial charge in [-0.3, -0.25) is 9.35 Å². The third-order valence-electron chi connectivity index (χ3n) is 2.96. The maximum atomic E-state index is 11.7. The number of nitrogens with one attached hydrogen (secondary N) is 1. The Balaban J connectivity index is 2.64. The van der Waals surface area contributed by atoms with E-state index in [2.05, 4.69) is 11.9 Å². The molecule has 0 radical (unpaired) electrons. The molecule has 0 fully saturated rings. The molecule has 0 bridgehead atoms. The lowest BCUT2D eigenvalue weighted by Crippen LogP contribution is -2.12. The first-order valence-corrected chi connectivity index (χ1v) is 7.41. The zero-order chi connectivity index (χ0) is 15.8. The van der Waals surface area contributed by atoms with Crippen molar-refractivity contribution in [1.82, 2.24) is 0 Å². The van der Waals surface area contributed by atoms with E-state index in [9.17, 15) is 13.2 Å². The van der Waals surface area contributed by atoms with Gasteiger partial charge in [0.2, 0.25) is 0 Å². The number of benzene rings is 2. The summed E-state index contributed by atoms with van der Waals surface area (Å²) < 4.78 is 31.4. The molecule has 0 saturated carbocycles. The Labute approximate surface area is 122 Å². The van der Waals surface area contributed by atoms with Gasteiger partial charge in [0, 0.05) is 27.7 Å². The molecule has 0 spiro atoms. The minimum Gasteiger partial charge on any atom is -0.398 e. The van der Waals surface area contributed by atoms with Crippen LogP contribution < -0.4 is 11.1 Å². The Morgan fingerprint density at radius 2 is 1.90 bits per heavy atom. The highest BCUT2D eigenvalue weighted by molar-refractivity contribution is 7.85. The van der Waals surface area contributed by atoms with Crippen molar-refractivity contribution in [2.75, 3.05) is 11.1 Å². The van der Waals surface area contributed by atoms with Crippen molar-refractivity contribution in [3.63, 3.8) is 0 Å². The summed E-state index contributed by atoms with van der Waals surface area (Å²) in [5.41, 5.74) is 6.98. The van der Waals surface area contributed by atoms with E-state index < -0.39 is 10.1 Å². The molecule has 0 heterocycles. The average molecular weight is 306 g/mol. The monoisotopic (exact) mass is 306 g/mol. The van der Waals surface area contributed by atoms with E-state index in [0.717, 1.165) is 0 Å². The summed E-state index contributed by atoms with van der Waals surface area (Å²) in [6.45, 7) is 5.12. The minimum atomic E-state index is -4.32. The van der Waals surface area contributed by atoms with Gasteiger partial charge in [-0.25, -0.2) is 0 Å². The fraction of sp³-hybridized carbons (Fsp3) is 0.0714. The van der Waals surface area contributed by atoms with Gasteiger partial charge in [0.15, 0.2) is 0 Å². The first-order valence-electron chi connectivity index (χ1n) is 5.97. The van der Waals surface area contributed by atoms with Crippen LogP contribution in [0.3, 0.4) is 0 Å². The zero-order valence-electron chi connectivity index (χ0n) is 11.3. The number of carbonyl (C=O) groups is 1. The molecule has 21 heavy (non-hydrogen) atoms. The Kier molecular flexibility index (Phi) is 3.71. The third-order valence-corrected chi connectivity index (χ3v) is 3.81. The van der Waals surface area contributed by atoms with Crippen LogP contribution in [0.1, 0.15) is 6.92 Å². The number of fused-ring (bicyclic) bond motifs is 1. The highest BCUT2D eigenvalue weighted by atomic mass is 32.2. The molecule has 0 unspecified atom stereocenters. The summed E-state index contributed by atoms with van der Waals surface area (Å²) in [7, 11) is -4.32. The van der Waals surface area contributed by atoms with Crippen molar-refractivity contribution in [3.05, 3.63) is 42.5 Å². The van der Waals surface area contributed by atoms with E-state index >= 15 is 0 Å². The maximum absolute atomic E-state index is 11.7. The van der Waals surface area contributed by atoms with E-state index in [-0.39, 0.29) is 10.8 Å². The van der Waals surface area contributed by atoms with Gasteiger partial charge < -0.3 is 11.1 Å². The van der Waals surface area contributed by atoms with Crippen LogP contribution >= 0.6 is 0 Å². The van der Waals surface area contributed by atoms with E-state index in [4.69, 9.17) is 10.3 Å². The van der Waals surface area contributed by atoms with Crippen molar-refractivity contribution in [3.8, 4) is 0 Å². The van der Waals surface area contributed by atoms with Gasteiger partial charge >= 0.3 is 0 Å². The van der Waals surface area contributed by atoms with Gasteiger partial charge in [-0.15, -0.1) is 0 Å². The summed E-state index contributed by atoms with van der Waals surface area (Å²) in [5, 5.41) is 3.65.